The third kappa shape index (κ3) is 3.05. The van der Waals surface area contributed by atoms with Crippen LogP contribution in [0.1, 0.15) is 37.2 Å². The number of fused-ring (bicyclic) bond motifs is 1. The summed E-state index contributed by atoms with van der Waals surface area (Å²) in [5, 5.41) is 2.84. The van der Waals surface area contributed by atoms with Crippen LogP contribution in [-0.2, 0) is 14.4 Å². The lowest BCUT2D eigenvalue weighted by molar-refractivity contribution is -0.137. The van der Waals surface area contributed by atoms with Gasteiger partial charge in [-0.25, -0.2) is 0 Å². The predicted molar refractivity (Wildman–Crippen MR) is 99.5 cm³/mol. The molecule has 3 amide bonds. The van der Waals surface area contributed by atoms with Gasteiger partial charge in [-0.15, -0.1) is 0 Å². The fourth-order valence-corrected chi connectivity index (χ4v) is 4.71. The Balaban J connectivity index is 1.52. The van der Waals surface area contributed by atoms with E-state index in [1.54, 1.807) is 18.1 Å². The van der Waals surface area contributed by atoms with Crippen molar-refractivity contribution in [1.82, 2.24) is 9.80 Å². The number of nitrogens with one attached hydrogen (secondary N) is 1. The average Bonchev–Trinajstić information content (AvgIpc) is 2.93. The SMILES string of the molecule is COc1cccc2c1NC(=O)C[C@@H]2C(=O)N1CCC2(CC1)CC(=O)N(C)C2. The number of likely N-dealkylation sites (tertiary alicyclic amines) is 2. The summed E-state index contributed by atoms with van der Waals surface area (Å²) in [6, 6.07) is 5.51. The molecule has 2 saturated heterocycles. The summed E-state index contributed by atoms with van der Waals surface area (Å²) in [4.78, 5) is 41.0. The summed E-state index contributed by atoms with van der Waals surface area (Å²) in [7, 11) is 3.40. The van der Waals surface area contributed by atoms with Crippen LogP contribution >= 0.6 is 0 Å². The number of hydrogen-bond acceptors (Lipinski definition) is 4. The quantitative estimate of drug-likeness (QED) is 0.856. The monoisotopic (exact) mass is 371 g/mol. The Morgan fingerprint density at radius 2 is 2.00 bits per heavy atom. The molecular weight excluding hydrogens is 346 g/mol. The van der Waals surface area contributed by atoms with Crippen molar-refractivity contribution in [2.24, 2.45) is 5.41 Å². The lowest BCUT2D eigenvalue weighted by Gasteiger charge is -2.40. The molecule has 1 N–H and O–H groups in total. The summed E-state index contributed by atoms with van der Waals surface area (Å²) in [5.74, 6) is 0.114. The van der Waals surface area contributed by atoms with Gasteiger partial charge in [-0.3, -0.25) is 14.4 Å². The predicted octanol–water partition coefficient (Wildman–Crippen LogP) is 1.59. The average molecular weight is 371 g/mol. The smallest absolute Gasteiger partial charge is 0.230 e. The minimum Gasteiger partial charge on any atom is -0.495 e. The van der Waals surface area contributed by atoms with E-state index in [9.17, 15) is 14.4 Å². The first-order valence-corrected chi connectivity index (χ1v) is 9.42. The first-order valence-electron chi connectivity index (χ1n) is 9.42. The number of nitrogens with zero attached hydrogens (tertiary/aromatic N) is 2. The molecule has 3 heterocycles. The van der Waals surface area contributed by atoms with Gasteiger partial charge in [-0.05, 0) is 24.5 Å². The Labute approximate surface area is 158 Å². The van der Waals surface area contributed by atoms with Crippen LogP contribution in [0.25, 0.3) is 0 Å². The highest BCUT2D eigenvalue weighted by Crippen LogP contribution is 2.43. The highest BCUT2D eigenvalue weighted by molar-refractivity contribution is 6.02. The molecule has 0 aliphatic carbocycles. The Morgan fingerprint density at radius 3 is 2.63 bits per heavy atom. The van der Waals surface area contributed by atoms with E-state index in [0.717, 1.165) is 24.9 Å². The first kappa shape index (κ1) is 17.8. The Hall–Kier alpha value is -2.57. The Morgan fingerprint density at radius 1 is 1.26 bits per heavy atom. The normalized spacial score (nSPS) is 24.0. The molecule has 1 aromatic carbocycles. The van der Waals surface area contributed by atoms with E-state index in [1.807, 2.05) is 24.1 Å². The standard InChI is InChI=1S/C20H25N3O4/c1-22-12-20(11-17(22)25)6-8-23(9-7-20)19(26)14-10-16(24)21-18-13(14)4-3-5-15(18)27-2/h3-5,14H,6-12H2,1-2H3,(H,21,24)/t14-/m0/s1. The van der Waals surface area contributed by atoms with Gasteiger partial charge >= 0.3 is 0 Å². The molecule has 1 aromatic rings. The summed E-state index contributed by atoms with van der Waals surface area (Å²) in [5.41, 5.74) is 1.43. The van der Waals surface area contributed by atoms with Crippen molar-refractivity contribution in [2.45, 2.75) is 31.6 Å². The molecule has 3 aliphatic rings. The fraction of sp³-hybridized carbons (Fsp3) is 0.550. The Bertz CT molecular complexity index is 798. The minimum absolute atomic E-state index is 0.00752. The number of carbonyl (C=O) groups excluding carboxylic acids is 3. The van der Waals surface area contributed by atoms with Crippen LogP contribution < -0.4 is 10.1 Å². The van der Waals surface area contributed by atoms with Crippen molar-refractivity contribution in [3.05, 3.63) is 23.8 Å². The van der Waals surface area contributed by atoms with Gasteiger partial charge in [0.05, 0.1) is 18.7 Å². The third-order valence-electron chi connectivity index (χ3n) is 6.27. The number of ether oxygens (including phenoxy) is 1. The molecule has 27 heavy (non-hydrogen) atoms. The molecule has 0 aromatic heterocycles. The van der Waals surface area contributed by atoms with Crippen molar-refractivity contribution in [1.29, 1.82) is 0 Å². The summed E-state index contributed by atoms with van der Waals surface area (Å²) < 4.78 is 5.34. The number of para-hydroxylation sites is 1. The molecular formula is C20H25N3O4. The van der Waals surface area contributed by atoms with E-state index in [-0.39, 0.29) is 29.6 Å². The van der Waals surface area contributed by atoms with E-state index in [0.29, 0.717) is 30.9 Å². The largest absolute Gasteiger partial charge is 0.495 e. The highest BCUT2D eigenvalue weighted by atomic mass is 16.5. The lowest BCUT2D eigenvalue weighted by Crippen LogP contribution is -2.46. The van der Waals surface area contributed by atoms with Crippen LogP contribution in [0.3, 0.4) is 0 Å². The maximum atomic E-state index is 13.2. The highest BCUT2D eigenvalue weighted by Gasteiger charge is 2.45. The van der Waals surface area contributed by atoms with Crippen LogP contribution in [-0.4, -0.2) is 61.3 Å². The number of carbonyl (C=O) groups is 3. The topological polar surface area (TPSA) is 79.0 Å². The summed E-state index contributed by atoms with van der Waals surface area (Å²) in [6.07, 6.45) is 2.40. The van der Waals surface area contributed by atoms with Gasteiger partial charge in [0.15, 0.2) is 0 Å². The Kier molecular flexibility index (Phi) is 4.32. The molecule has 4 rings (SSSR count). The zero-order valence-corrected chi connectivity index (χ0v) is 15.8. The summed E-state index contributed by atoms with van der Waals surface area (Å²) in [6.45, 7) is 2.05. The van der Waals surface area contributed by atoms with Crippen LogP contribution in [0.4, 0.5) is 5.69 Å². The second kappa shape index (κ2) is 6.55. The zero-order chi connectivity index (χ0) is 19.2. The molecule has 1 spiro atoms. The number of anilines is 1. The number of amides is 3. The number of rotatable bonds is 2. The molecule has 0 radical (unpaired) electrons. The second-order valence-corrected chi connectivity index (χ2v) is 7.98. The number of benzene rings is 1. The summed E-state index contributed by atoms with van der Waals surface area (Å²) >= 11 is 0. The van der Waals surface area contributed by atoms with Gasteiger partial charge in [-0.1, -0.05) is 12.1 Å². The van der Waals surface area contributed by atoms with Crippen LogP contribution in [0.15, 0.2) is 18.2 Å². The second-order valence-electron chi connectivity index (χ2n) is 7.98. The van der Waals surface area contributed by atoms with Crippen molar-refractivity contribution < 1.29 is 19.1 Å². The van der Waals surface area contributed by atoms with Crippen molar-refractivity contribution in [3.8, 4) is 5.75 Å². The van der Waals surface area contributed by atoms with Gasteiger partial charge in [0.2, 0.25) is 17.7 Å². The van der Waals surface area contributed by atoms with Crippen molar-refractivity contribution in [2.75, 3.05) is 39.1 Å². The molecule has 3 aliphatic heterocycles. The van der Waals surface area contributed by atoms with Crippen molar-refractivity contribution >= 4 is 23.4 Å². The van der Waals surface area contributed by atoms with E-state index in [1.165, 1.54) is 0 Å². The van der Waals surface area contributed by atoms with E-state index >= 15 is 0 Å². The molecule has 0 saturated carbocycles. The van der Waals surface area contributed by atoms with Crippen LogP contribution in [0.5, 0.6) is 5.75 Å². The number of piperidine rings is 1. The van der Waals surface area contributed by atoms with Gasteiger partial charge in [-0.2, -0.15) is 0 Å². The molecule has 2 fully saturated rings. The van der Waals surface area contributed by atoms with Crippen LogP contribution in [0.2, 0.25) is 0 Å². The molecule has 144 valence electrons. The van der Waals surface area contributed by atoms with Gasteiger partial charge < -0.3 is 19.9 Å². The number of hydrogen-bond donors (Lipinski definition) is 1. The fourth-order valence-electron chi connectivity index (χ4n) is 4.71. The molecule has 7 nitrogen and oxygen atoms in total. The van der Waals surface area contributed by atoms with E-state index in [4.69, 9.17) is 4.74 Å². The van der Waals surface area contributed by atoms with E-state index < -0.39 is 5.92 Å². The van der Waals surface area contributed by atoms with Gasteiger partial charge in [0, 0.05) is 44.9 Å². The third-order valence-corrected chi connectivity index (χ3v) is 6.27. The first-order chi connectivity index (χ1) is 12.9. The molecule has 0 bridgehead atoms. The zero-order valence-electron chi connectivity index (χ0n) is 15.8. The molecule has 1 atom stereocenters. The van der Waals surface area contributed by atoms with Crippen molar-refractivity contribution in [3.63, 3.8) is 0 Å². The maximum Gasteiger partial charge on any atom is 0.230 e. The lowest BCUT2D eigenvalue weighted by atomic mass is 9.77. The number of methoxy groups -OCH3 is 1. The maximum absolute atomic E-state index is 13.2. The molecule has 0 unspecified atom stereocenters. The molecule has 7 heteroatoms. The van der Waals surface area contributed by atoms with Crippen LogP contribution in [0, 0.1) is 5.41 Å². The minimum atomic E-state index is -0.481. The van der Waals surface area contributed by atoms with E-state index in [2.05, 4.69) is 5.32 Å². The van der Waals surface area contributed by atoms with Gasteiger partial charge in [0.25, 0.3) is 0 Å². The van der Waals surface area contributed by atoms with Gasteiger partial charge in [0.1, 0.15) is 5.75 Å².